The molecule has 2 rings (SSSR count). The third kappa shape index (κ3) is 5.12. The number of hydrogen-bond donors (Lipinski definition) is 1. The average Bonchev–Trinajstić information content (AvgIpc) is 2.95. The molecule has 5 nitrogen and oxygen atoms in total. The van der Waals surface area contributed by atoms with Crippen molar-refractivity contribution in [2.75, 3.05) is 39.1 Å². The quantitative estimate of drug-likeness (QED) is 0.670. The summed E-state index contributed by atoms with van der Waals surface area (Å²) >= 11 is 0. The van der Waals surface area contributed by atoms with E-state index in [0.29, 0.717) is 0 Å². The van der Waals surface area contributed by atoms with Crippen molar-refractivity contribution in [3.05, 3.63) is 23.9 Å². The monoisotopic (exact) mass is 317 g/mol. The van der Waals surface area contributed by atoms with Gasteiger partial charge >= 0.3 is 0 Å². The van der Waals surface area contributed by atoms with Gasteiger partial charge in [0.15, 0.2) is 5.96 Å². The van der Waals surface area contributed by atoms with Gasteiger partial charge < -0.3 is 15.1 Å². The van der Waals surface area contributed by atoms with E-state index in [4.69, 9.17) is 0 Å². The molecule has 1 aromatic heterocycles. The standard InChI is InChI=1S/C18H31N5/c1-14(2)10-16-7-9-23(13-16)18(19-3)21-12-15-6-8-20-17(11-15)22(4)5/h6,8,11,14,16H,7,9-10,12-13H2,1-5H3,(H,19,21). The average molecular weight is 317 g/mol. The van der Waals surface area contributed by atoms with Crippen LogP contribution in [-0.2, 0) is 6.54 Å². The zero-order chi connectivity index (χ0) is 16.8. The van der Waals surface area contributed by atoms with Gasteiger partial charge in [0, 0.05) is 47.0 Å². The second-order valence-corrected chi connectivity index (χ2v) is 7.05. The third-order valence-electron chi connectivity index (χ3n) is 4.32. The molecule has 5 heteroatoms. The molecule has 1 saturated heterocycles. The SMILES string of the molecule is CN=C(NCc1ccnc(N(C)C)c1)N1CCC(CC(C)C)C1. The first kappa shape index (κ1) is 17.6. The highest BCUT2D eigenvalue weighted by Crippen LogP contribution is 2.23. The minimum atomic E-state index is 0.774. The van der Waals surface area contributed by atoms with Crippen molar-refractivity contribution in [3.8, 4) is 0 Å². The summed E-state index contributed by atoms with van der Waals surface area (Å²) < 4.78 is 0. The van der Waals surface area contributed by atoms with Gasteiger partial charge in [-0.25, -0.2) is 4.98 Å². The molecule has 0 spiro atoms. The minimum Gasteiger partial charge on any atom is -0.363 e. The molecule has 0 saturated carbocycles. The van der Waals surface area contributed by atoms with Gasteiger partial charge in [0.25, 0.3) is 0 Å². The van der Waals surface area contributed by atoms with Gasteiger partial charge in [-0.1, -0.05) is 13.8 Å². The topological polar surface area (TPSA) is 43.8 Å². The number of nitrogens with one attached hydrogen (secondary N) is 1. The Morgan fingerprint density at radius 3 is 2.91 bits per heavy atom. The van der Waals surface area contributed by atoms with E-state index in [1.165, 1.54) is 18.4 Å². The van der Waals surface area contributed by atoms with E-state index in [9.17, 15) is 0 Å². The normalized spacial score (nSPS) is 18.6. The summed E-state index contributed by atoms with van der Waals surface area (Å²) in [6.07, 6.45) is 4.45. The molecule has 0 aromatic carbocycles. The molecule has 1 unspecified atom stereocenters. The fourth-order valence-corrected chi connectivity index (χ4v) is 3.21. The predicted octanol–water partition coefficient (Wildman–Crippen LogP) is 2.59. The molecule has 1 N–H and O–H groups in total. The second-order valence-electron chi connectivity index (χ2n) is 7.05. The Labute approximate surface area is 140 Å². The van der Waals surface area contributed by atoms with Crippen molar-refractivity contribution >= 4 is 11.8 Å². The lowest BCUT2D eigenvalue weighted by Crippen LogP contribution is -2.39. The second kappa shape index (κ2) is 8.18. The van der Waals surface area contributed by atoms with Crippen LogP contribution >= 0.6 is 0 Å². The first-order chi connectivity index (χ1) is 11.0. The molecule has 1 fully saturated rings. The lowest BCUT2D eigenvalue weighted by Gasteiger charge is -2.22. The van der Waals surface area contributed by atoms with E-state index in [1.807, 2.05) is 32.2 Å². The number of pyridine rings is 1. The van der Waals surface area contributed by atoms with Gasteiger partial charge in [0.1, 0.15) is 5.82 Å². The van der Waals surface area contributed by atoms with Crippen LogP contribution < -0.4 is 10.2 Å². The van der Waals surface area contributed by atoms with Crippen LogP contribution in [0, 0.1) is 11.8 Å². The van der Waals surface area contributed by atoms with Crippen LogP contribution in [0.2, 0.25) is 0 Å². The van der Waals surface area contributed by atoms with E-state index in [-0.39, 0.29) is 0 Å². The lowest BCUT2D eigenvalue weighted by atomic mass is 9.97. The van der Waals surface area contributed by atoms with Crippen LogP contribution in [0.1, 0.15) is 32.3 Å². The largest absolute Gasteiger partial charge is 0.363 e. The summed E-state index contributed by atoms with van der Waals surface area (Å²) in [5, 5.41) is 3.50. The van der Waals surface area contributed by atoms with Crippen molar-refractivity contribution in [1.82, 2.24) is 15.2 Å². The highest BCUT2D eigenvalue weighted by molar-refractivity contribution is 5.80. The summed E-state index contributed by atoms with van der Waals surface area (Å²) in [5.41, 5.74) is 1.22. The van der Waals surface area contributed by atoms with Crippen LogP contribution in [-0.4, -0.2) is 50.1 Å². The van der Waals surface area contributed by atoms with Crippen molar-refractivity contribution in [2.45, 2.75) is 33.2 Å². The number of hydrogen-bond acceptors (Lipinski definition) is 3. The Morgan fingerprint density at radius 2 is 2.26 bits per heavy atom. The molecule has 128 valence electrons. The number of aliphatic imine (C=N–C) groups is 1. The molecule has 0 amide bonds. The Morgan fingerprint density at radius 1 is 1.48 bits per heavy atom. The Kier molecular flexibility index (Phi) is 6.25. The lowest BCUT2D eigenvalue weighted by molar-refractivity contribution is 0.403. The zero-order valence-electron chi connectivity index (χ0n) is 15.2. The Balaban J connectivity index is 1.90. The Hall–Kier alpha value is -1.78. The molecule has 23 heavy (non-hydrogen) atoms. The maximum atomic E-state index is 4.46. The zero-order valence-corrected chi connectivity index (χ0v) is 15.2. The molecule has 0 aliphatic carbocycles. The molecular formula is C18H31N5. The molecular weight excluding hydrogens is 286 g/mol. The maximum absolute atomic E-state index is 4.46. The van der Waals surface area contributed by atoms with Gasteiger partial charge in [0.05, 0.1) is 0 Å². The molecule has 1 aromatic rings. The van der Waals surface area contributed by atoms with Gasteiger partial charge in [-0.15, -0.1) is 0 Å². The van der Waals surface area contributed by atoms with E-state index in [2.05, 4.69) is 46.2 Å². The summed E-state index contributed by atoms with van der Waals surface area (Å²) in [7, 11) is 5.89. The summed E-state index contributed by atoms with van der Waals surface area (Å²) in [4.78, 5) is 13.2. The first-order valence-corrected chi connectivity index (χ1v) is 8.57. The number of rotatable bonds is 5. The van der Waals surface area contributed by atoms with Crippen LogP contribution in [0.3, 0.4) is 0 Å². The number of nitrogens with zero attached hydrogens (tertiary/aromatic N) is 4. The fourth-order valence-electron chi connectivity index (χ4n) is 3.21. The van der Waals surface area contributed by atoms with Crippen LogP contribution in [0.4, 0.5) is 5.82 Å². The molecule has 0 bridgehead atoms. The predicted molar refractivity (Wildman–Crippen MR) is 97.9 cm³/mol. The van der Waals surface area contributed by atoms with Gasteiger partial charge in [-0.3, -0.25) is 4.99 Å². The van der Waals surface area contributed by atoms with E-state index in [1.54, 1.807) is 0 Å². The number of likely N-dealkylation sites (tertiary alicyclic amines) is 1. The fraction of sp³-hybridized carbons (Fsp3) is 0.667. The van der Waals surface area contributed by atoms with Crippen molar-refractivity contribution in [2.24, 2.45) is 16.8 Å². The summed E-state index contributed by atoms with van der Waals surface area (Å²) in [6, 6.07) is 4.17. The van der Waals surface area contributed by atoms with Crippen molar-refractivity contribution < 1.29 is 0 Å². The van der Waals surface area contributed by atoms with E-state index >= 15 is 0 Å². The first-order valence-electron chi connectivity index (χ1n) is 8.57. The van der Waals surface area contributed by atoms with Crippen LogP contribution in [0.5, 0.6) is 0 Å². The van der Waals surface area contributed by atoms with E-state index in [0.717, 1.165) is 43.2 Å². The molecule has 1 aliphatic heterocycles. The van der Waals surface area contributed by atoms with Crippen molar-refractivity contribution in [1.29, 1.82) is 0 Å². The third-order valence-corrected chi connectivity index (χ3v) is 4.32. The summed E-state index contributed by atoms with van der Waals surface area (Å²) in [5.74, 6) is 3.57. The molecule has 2 heterocycles. The highest BCUT2D eigenvalue weighted by Gasteiger charge is 2.25. The summed E-state index contributed by atoms with van der Waals surface area (Å²) in [6.45, 7) is 7.62. The number of aromatic nitrogens is 1. The minimum absolute atomic E-state index is 0.774. The van der Waals surface area contributed by atoms with Gasteiger partial charge in [-0.05, 0) is 42.4 Å². The van der Waals surface area contributed by atoms with Crippen LogP contribution in [0.15, 0.2) is 23.3 Å². The number of anilines is 1. The highest BCUT2D eigenvalue weighted by atomic mass is 15.3. The van der Waals surface area contributed by atoms with Crippen molar-refractivity contribution in [3.63, 3.8) is 0 Å². The number of guanidine groups is 1. The molecule has 0 radical (unpaired) electrons. The Bertz CT molecular complexity index is 524. The maximum Gasteiger partial charge on any atom is 0.193 e. The van der Waals surface area contributed by atoms with E-state index < -0.39 is 0 Å². The smallest absolute Gasteiger partial charge is 0.193 e. The molecule has 1 aliphatic rings. The molecule has 1 atom stereocenters. The van der Waals surface area contributed by atoms with Gasteiger partial charge in [-0.2, -0.15) is 0 Å². The van der Waals surface area contributed by atoms with Crippen LogP contribution in [0.25, 0.3) is 0 Å². The van der Waals surface area contributed by atoms with Gasteiger partial charge in [0.2, 0.25) is 0 Å².